The fraction of sp³-hybridized carbons (Fsp3) is 0.733. The van der Waals surface area contributed by atoms with Gasteiger partial charge in [-0.2, -0.15) is 0 Å². The zero-order valence-electron chi connectivity index (χ0n) is 22.8. The number of hydrogen-bond acceptors (Lipinski definition) is 5. The molecule has 2 aliphatic rings. The van der Waals surface area contributed by atoms with E-state index in [4.69, 9.17) is 14.3 Å². The van der Waals surface area contributed by atoms with Crippen molar-refractivity contribution in [1.29, 1.82) is 0 Å². The molecular formula is C30H48N2O4. The van der Waals surface area contributed by atoms with Gasteiger partial charge in [0.1, 0.15) is 12.4 Å². The lowest BCUT2D eigenvalue weighted by molar-refractivity contribution is -0.123. The summed E-state index contributed by atoms with van der Waals surface area (Å²) in [5.41, 5.74) is 1.91. The maximum absolute atomic E-state index is 12.1. The summed E-state index contributed by atoms with van der Waals surface area (Å²) in [5, 5.41) is 7.38. The van der Waals surface area contributed by atoms with E-state index < -0.39 is 0 Å². The van der Waals surface area contributed by atoms with Gasteiger partial charge in [0.05, 0.1) is 18.4 Å². The molecule has 6 nitrogen and oxygen atoms in total. The van der Waals surface area contributed by atoms with Gasteiger partial charge >= 0.3 is 0 Å². The largest absolute Gasteiger partial charge is 0.484 e. The van der Waals surface area contributed by atoms with Gasteiger partial charge in [-0.3, -0.25) is 4.79 Å². The SMILES string of the molecule is CC/C(=N/OCCCOC1CC(C)CCC1CC)c1ccc(OCC(=O)NCC2CCCCC2)cc1. The molecule has 1 N–H and O–H groups in total. The van der Waals surface area contributed by atoms with Crippen LogP contribution < -0.4 is 10.1 Å². The van der Waals surface area contributed by atoms with Gasteiger partial charge in [-0.05, 0) is 79.7 Å². The molecule has 36 heavy (non-hydrogen) atoms. The number of nitrogens with one attached hydrogen (secondary N) is 1. The third-order valence-electron chi connectivity index (χ3n) is 7.81. The highest BCUT2D eigenvalue weighted by molar-refractivity contribution is 6.00. The Morgan fingerprint density at radius 2 is 1.81 bits per heavy atom. The number of rotatable bonds is 14. The molecule has 1 aromatic carbocycles. The highest BCUT2D eigenvalue weighted by Gasteiger charge is 2.27. The van der Waals surface area contributed by atoms with Crippen molar-refractivity contribution in [2.24, 2.45) is 22.9 Å². The Morgan fingerprint density at radius 1 is 1.03 bits per heavy atom. The first-order valence-corrected chi connectivity index (χ1v) is 14.4. The summed E-state index contributed by atoms with van der Waals surface area (Å²) in [5.74, 6) is 2.72. The molecule has 2 saturated carbocycles. The molecule has 202 valence electrons. The standard InChI is InChI=1S/C30H48N2O4/c1-4-25-13-12-23(3)20-29(25)34-18-9-19-36-32-28(5-2)26-14-16-27(17-15-26)35-22-30(33)31-21-24-10-7-6-8-11-24/h14-17,23-25,29H,4-13,18-22H2,1-3H3,(H,31,33)/b32-28-. The van der Waals surface area contributed by atoms with Crippen LogP contribution in [0.15, 0.2) is 29.4 Å². The predicted octanol–water partition coefficient (Wildman–Crippen LogP) is 6.51. The van der Waals surface area contributed by atoms with Crippen molar-refractivity contribution in [1.82, 2.24) is 5.32 Å². The third kappa shape index (κ3) is 9.76. The minimum Gasteiger partial charge on any atom is -0.484 e. The molecule has 3 rings (SSSR count). The molecular weight excluding hydrogens is 452 g/mol. The smallest absolute Gasteiger partial charge is 0.257 e. The number of oxime groups is 1. The molecule has 0 heterocycles. The van der Waals surface area contributed by atoms with E-state index in [9.17, 15) is 4.79 Å². The van der Waals surface area contributed by atoms with E-state index in [-0.39, 0.29) is 12.5 Å². The third-order valence-corrected chi connectivity index (χ3v) is 7.81. The van der Waals surface area contributed by atoms with Crippen LogP contribution in [-0.2, 0) is 14.4 Å². The normalized spacial score (nSPS) is 23.3. The van der Waals surface area contributed by atoms with Gasteiger partial charge in [0.2, 0.25) is 0 Å². The number of carbonyl (C=O) groups is 1. The number of ether oxygens (including phenoxy) is 2. The summed E-state index contributed by atoms with van der Waals surface area (Å²) >= 11 is 0. The van der Waals surface area contributed by atoms with Gasteiger partial charge in [-0.1, -0.05) is 58.0 Å². The van der Waals surface area contributed by atoms with E-state index in [2.05, 4.69) is 31.2 Å². The van der Waals surface area contributed by atoms with Crippen molar-refractivity contribution >= 4 is 11.6 Å². The fourth-order valence-electron chi connectivity index (χ4n) is 5.46. The van der Waals surface area contributed by atoms with Gasteiger partial charge in [0, 0.05) is 13.0 Å². The lowest BCUT2D eigenvalue weighted by atomic mass is 9.79. The van der Waals surface area contributed by atoms with Crippen LogP contribution in [0.1, 0.15) is 97.0 Å². The minimum absolute atomic E-state index is 0.0464. The minimum atomic E-state index is -0.0546. The zero-order chi connectivity index (χ0) is 25.6. The molecule has 1 aromatic rings. The summed E-state index contributed by atoms with van der Waals surface area (Å²) in [6, 6.07) is 7.72. The summed E-state index contributed by atoms with van der Waals surface area (Å²) in [4.78, 5) is 17.7. The van der Waals surface area contributed by atoms with Crippen LogP contribution in [0.25, 0.3) is 0 Å². The highest BCUT2D eigenvalue weighted by Crippen LogP contribution is 2.32. The zero-order valence-corrected chi connectivity index (χ0v) is 22.8. The Balaban J connectivity index is 1.33. The number of nitrogens with zero attached hydrogens (tertiary/aromatic N) is 1. The second kappa shape index (κ2) is 15.9. The number of benzene rings is 1. The number of hydrogen-bond donors (Lipinski definition) is 1. The van der Waals surface area contributed by atoms with Crippen LogP contribution in [-0.4, -0.2) is 44.1 Å². The lowest BCUT2D eigenvalue weighted by Gasteiger charge is -2.34. The molecule has 0 aromatic heterocycles. The fourth-order valence-corrected chi connectivity index (χ4v) is 5.46. The van der Waals surface area contributed by atoms with E-state index in [1.54, 1.807) is 0 Å². The Morgan fingerprint density at radius 3 is 2.53 bits per heavy atom. The van der Waals surface area contributed by atoms with Crippen LogP contribution in [0.3, 0.4) is 0 Å². The first-order valence-electron chi connectivity index (χ1n) is 14.4. The predicted molar refractivity (Wildman–Crippen MR) is 145 cm³/mol. The van der Waals surface area contributed by atoms with Crippen LogP contribution in [0.2, 0.25) is 0 Å². The van der Waals surface area contributed by atoms with Crippen LogP contribution in [0.5, 0.6) is 5.75 Å². The monoisotopic (exact) mass is 500 g/mol. The lowest BCUT2D eigenvalue weighted by Crippen LogP contribution is -2.33. The Bertz CT molecular complexity index is 789. The van der Waals surface area contributed by atoms with Crippen molar-refractivity contribution in [2.45, 2.75) is 97.5 Å². The van der Waals surface area contributed by atoms with Crippen molar-refractivity contribution < 1.29 is 19.1 Å². The van der Waals surface area contributed by atoms with Crippen molar-refractivity contribution in [3.05, 3.63) is 29.8 Å². The highest BCUT2D eigenvalue weighted by atomic mass is 16.6. The molecule has 3 atom stereocenters. The Kier molecular flexibility index (Phi) is 12.6. The van der Waals surface area contributed by atoms with E-state index in [0.717, 1.165) is 43.2 Å². The average molecular weight is 501 g/mol. The van der Waals surface area contributed by atoms with Crippen molar-refractivity contribution in [2.75, 3.05) is 26.4 Å². The Labute approximate surface area is 218 Å². The molecule has 0 saturated heterocycles. The van der Waals surface area contributed by atoms with E-state index in [0.29, 0.717) is 30.3 Å². The maximum atomic E-state index is 12.1. The van der Waals surface area contributed by atoms with E-state index >= 15 is 0 Å². The summed E-state index contributed by atoms with van der Waals surface area (Å²) < 4.78 is 11.9. The van der Waals surface area contributed by atoms with Gasteiger partial charge in [0.25, 0.3) is 5.91 Å². The summed E-state index contributed by atoms with van der Waals surface area (Å²) in [7, 11) is 0. The summed E-state index contributed by atoms with van der Waals surface area (Å²) in [6.45, 7) is 8.77. The molecule has 3 unspecified atom stereocenters. The van der Waals surface area contributed by atoms with Crippen LogP contribution in [0.4, 0.5) is 0 Å². The maximum Gasteiger partial charge on any atom is 0.257 e. The molecule has 6 heteroatoms. The van der Waals surface area contributed by atoms with Gasteiger partial charge in [0.15, 0.2) is 6.61 Å². The van der Waals surface area contributed by atoms with Gasteiger partial charge < -0.3 is 19.6 Å². The molecule has 2 fully saturated rings. The van der Waals surface area contributed by atoms with Crippen LogP contribution >= 0.6 is 0 Å². The Hall–Kier alpha value is -2.08. The van der Waals surface area contributed by atoms with Crippen molar-refractivity contribution in [3.63, 3.8) is 0 Å². The molecule has 1 amide bonds. The number of amides is 1. The summed E-state index contributed by atoms with van der Waals surface area (Å²) in [6.07, 6.45) is 13.4. The molecule has 0 aliphatic heterocycles. The van der Waals surface area contributed by atoms with Gasteiger partial charge in [-0.25, -0.2) is 0 Å². The molecule has 0 radical (unpaired) electrons. The second-order valence-corrected chi connectivity index (χ2v) is 10.7. The molecule has 0 spiro atoms. The first-order chi connectivity index (χ1) is 17.6. The molecule has 0 bridgehead atoms. The second-order valence-electron chi connectivity index (χ2n) is 10.7. The first kappa shape index (κ1) is 28.5. The topological polar surface area (TPSA) is 69.1 Å². The van der Waals surface area contributed by atoms with Gasteiger partial charge in [-0.15, -0.1) is 0 Å². The average Bonchev–Trinajstić information content (AvgIpc) is 2.91. The van der Waals surface area contributed by atoms with Crippen LogP contribution in [0, 0.1) is 17.8 Å². The van der Waals surface area contributed by atoms with Crippen molar-refractivity contribution in [3.8, 4) is 5.75 Å². The van der Waals surface area contributed by atoms with E-state index in [1.165, 1.54) is 57.8 Å². The quantitative estimate of drug-likeness (QED) is 0.179. The molecule has 2 aliphatic carbocycles. The number of carbonyl (C=O) groups excluding carboxylic acids is 1. The van der Waals surface area contributed by atoms with E-state index in [1.807, 2.05) is 24.3 Å².